The average molecular weight is 288 g/mol. The average Bonchev–Trinajstić information content (AvgIpc) is 2.80. The Balaban J connectivity index is 2.23. The molecule has 1 N–H and O–H groups in total. The molecular weight excluding hydrogens is 275 g/mol. The van der Waals surface area contributed by atoms with Crippen molar-refractivity contribution in [3.05, 3.63) is 0 Å². The monoisotopic (exact) mass is 287 g/mol. The fourth-order valence-corrected chi connectivity index (χ4v) is 2.26. The highest BCUT2D eigenvalue weighted by Crippen LogP contribution is 2.48. The van der Waals surface area contributed by atoms with Gasteiger partial charge in [0.1, 0.15) is 6.42 Å². The molecule has 1 amide bonds. The molecule has 0 aromatic carbocycles. The van der Waals surface area contributed by atoms with Crippen molar-refractivity contribution in [2.24, 2.45) is 5.41 Å². The van der Waals surface area contributed by atoms with Crippen LogP contribution in [0.1, 0.15) is 25.7 Å². The van der Waals surface area contributed by atoms with Crippen LogP contribution in [0.5, 0.6) is 0 Å². The highest BCUT2D eigenvalue weighted by Gasteiger charge is 2.42. The van der Waals surface area contributed by atoms with Gasteiger partial charge in [-0.3, -0.25) is 4.79 Å². The van der Waals surface area contributed by atoms with Gasteiger partial charge in [0.05, 0.1) is 0 Å². The molecule has 0 radical (unpaired) electrons. The van der Waals surface area contributed by atoms with Crippen LogP contribution in [0.15, 0.2) is 0 Å². The third kappa shape index (κ3) is 4.86. The molecule has 1 rings (SSSR count). The minimum Gasteiger partial charge on any atom is -0.355 e. The fourth-order valence-electron chi connectivity index (χ4n) is 1.42. The molecule has 1 fully saturated rings. The van der Waals surface area contributed by atoms with Crippen molar-refractivity contribution < 1.29 is 18.0 Å². The Morgan fingerprint density at radius 3 is 2.40 bits per heavy atom. The number of halogens is 4. The van der Waals surface area contributed by atoms with Crippen LogP contribution in [-0.4, -0.2) is 24.0 Å². The number of alkyl halides is 4. The molecule has 0 aliphatic heterocycles. The van der Waals surface area contributed by atoms with Crippen LogP contribution in [-0.2, 0) is 4.79 Å². The van der Waals surface area contributed by atoms with Crippen molar-refractivity contribution >= 4 is 21.8 Å². The van der Waals surface area contributed by atoms with Crippen LogP contribution in [0.25, 0.3) is 0 Å². The molecule has 1 saturated carbocycles. The van der Waals surface area contributed by atoms with Crippen LogP contribution >= 0.6 is 15.9 Å². The summed E-state index contributed by atoms with van der Waals surface area (Å²) in [6.45, 7) is 0.369. The van der Waals surface area contributed by atoms with E-state index in [2.05, 4.69) is 21.2 Å². The summed E-state index contributed by atoms with van der Waals surface area (Å²) in [5.74, 6) is -0.927. The molecule has 88 valence electrons. The number of hydrogen-bond acceptors (Lipinski definition) is 1. The molecule has 0 bridgehead atoms. The van der Waals surface area contributed by atoms with Gasteiger partial charge in [0.2, 0.25) is 5.91 Å². The van der Waals surface area contributed by atoms with Crippen LogP contribution < -0.4 is 5.32 Å². The minimum atomic E-state index is -4.41. The number of hydrogen-bond donors (Lipinski definition) is 1. The zero-order valence-corrected chi connectivity index (χ0v) is 9.75. The van der Waals surface area contributed by atoms with Crippen molar-refractivity contribution in [2.75, 3.05) is 11.9 Å². The first-order valence-corrected chi connectivity index (χ1v) is 5.88. The van der Waals surface area contributed by atoms with Gasteiger partial charge in [0.25, 0.3) is 0 Å². The second-order valence-corrected chi connectivity index (χ2v) is 4.80. The van der Waals surface area contributed by atoms with Gasteiger partial charge >= 0.3 is 6.18 Å². The summed E-state index contributed by atoms with van der Waals surface area (Å²) in [5.41, 5.74) is 0.0603. The Morgan fingerprint density at radius 1 is 1.40 bits per heavy atom. The van der Waals surface area contributed by atoms with Crippen LogP contribution in [0.3, 0.4) is 0 Å². The van der Waals surface area contributed by atoms with E-state index in [1.54, 1.807) is 0 Å². The minimum absolute atomic E-state index is 0.0603. The van der Waals surface area contributed by atoms with E-state index < -0.39 is 18.5 Å². The normalized spacial score (nSPS) is 18.7. The van der Waals surface area contributed by atoms with E-state index in [-0.39, 0.29) is 5.41 Å². The number of rotatable bonds is 5. The summed E-state index contributed by atoms with van der Waals surface area (Å²) in [4.78, 5) is 10.9. The third-order valence-corrected chi connectivity index (χ3v) is 3.00. The first-order valence-electron chi connectivity index (χ1n) is 4.76. The van der Waals surface area contributed by atoms with Gasteiger partial charge in [-0.25, -0.2) is 0 Å². The standard InChI is InChI=1S/C9H13BrF3NO/c10-4-3-8(1-2-8)6-14-7(15)5-9(11,12)13/h1-6H2,(H,14,15). The predicted molar refractivity (Wildman–Crippen MR) is 53.8 cm³/mol. The van der Waals surface area contributed by atoms with Crippen molar-refractivity contribution in [1.29, 1.82) is 0 Å². The Kier molecular flexibility index (Phi) is 4.03. The summed E-state index contributed by atoms with van der Waals surface area (Å²) in [6.07, 6.45) is -2.90. The largest absolute Gasteiger partial charge is 0.397 e. The predicted octanol–water partition coefficient (Wildman–Crippen LogP) is 2.62. The van der Waals surface area contributed by atoms with Gasteiger partial charge < -0.3 is 5.32 Å². The van der Waals surface area contributed by atoms with E-state index >= 15 is 0 Å². The summed E-state index contributed by atoms with van der Waals surface area (Å²) in [5, 5.41) is 3.17. The number of carbonyl (C=O) groups is 1. The second kappa shape index (κ2) is 4.72. The van der Waals surface area contributed by atoms with Crippen molar-refractivity contribution in [3.63, 3.8) is 0 Å². The molecule has 15 heavy (non-hydrogen) atoms. The number of nitrogens with one attached hydrogen (secondary N) is 1. The zero-order chi connectivity index (χ0) is 11.5. The molecule has 0 aromatic rings. The van der Waals surface area contributed by atoms with E-state index in [1.165, 1.54) is 0 Å². The third-order valence-electron chi connectivity index (χ3n) is 2.60. The Morgan fingerprint density at radius 2 is 2.00 bits per heavy atom. The quantitative estimate of drug-likeness (QED) is 0.774. The Hall–Kier alpha value is -0.260. The van der Waals surface area contributed by atoms with Crippen molar-refractivity contribution in [1.82, 2.24) is 5.32 Å². The molecule has 6 heteroatoms. The Labute approximate surface area is 94.7 Å². The van der Waals surface area contributed by atoms with E-state index in [0.29, 0.717) is 6.54 Å². The van der Waals surface area contributed by atoms with Crippen molar-refractivity contribution in [2.45, 2.75) is 31.9 Å². The molecular formula is C9H13BrF3NO. The maximum absolute atomic E-state index is 11.8. The van der Waals surface area contributed by atoms with Gasteiger partial charge in [-0.05, 0) is 24.7 Å². The molecule has 1 aliphatic rings. The number of amides is 1. The highest BCUT2D eigenvalue weighted by molar-refractivity contribution is 9.09. The Bertz CT molecular complexity index is 238. The van der Waals surface area contributed by atoms with Gasteiger partial charge in [-0.2, -0.15) is 13.2 Å². The van der Waals surface area contributed by atoms with E-state index in [4.69, 9.17) is 0 Å². The van der Waals surface area contributed by atoms with Gasteiger partial charge in [-0.15, -0.1) is 0 Å². The zero-order valence-electron chi connectivity index (χ0n) is 8.16. The van der Waals surface area contributed by atoms with E-state index in [9.17, 15) is 18.0 Å². The maximum atomic E-state index is 11.8. The number of carbonyl (C=O) groups excluding carboxylic acids is 1. The molecule has 0 spiro atoms. The first-order chi connectivity index (χ1) is 6.87. The second-order valence-electron chi connectivity index (χ2n) is 4.01. The van der Waals surface area contributed by atoms with Crippen LogP contribution in [0.2, 0.25) is 0 Å². The van der Waals surface area contributed by atoms with E-state index in [0.717, 1.165) is 24.6 Å². The summed E-state index contributed by atoms with van der Waals surface area (Å²) >= 11 is 3.29. The SMILES string of the molecule is O=C(CC(F)(F)F)NCC1(CCBr)CC1. The van der Waals surface area contributed by atoms with Gasteiger partial charge in [-0.1, -0.05) is 15.9 Å². The molecule has 0 heterocycles. The van der Waals surface area contributed by atoms with Crippen molar-refractivity contribution in [3.8, 4) is 0 Å². The van der Waals surface area contributed by atoms with Gasteiger partial charge in [0.15, 0.2) is 0 Å². The lowest BCUT2D eigenvalue weighted by molar-refractivity contribution is -0.153. The topological polar surface area (TPSA) is 29.1 Å². The van der Waals surface area contributed by atoms with E-state index in [1.807, 2.05) is 0 Å². The lowest BCUT2D eigenvalue weighted by Crippen LogP contribution is -2.33. The maximum Gasteiger partial charge on any atom is 0.397 e. The molecule has 0 saturated heterocycles. The van der Waals surface area contributed by atoms with Crippen LogP contribution in [0, 0.1) is 5.41 Å². The first kappa shape index (κ1) is 12.8. The molecule has 1 aliphatic carbocycles. The van der Waals surface area contributed by atoms with Gasteiger partial charge in [0, 0.05) is 11.9 Å². The lowest BCUT2D eigenvalue weighted by atomic mass is 10.0. The summed E-state index contributed by atoms with van der Waals surface area (Å²) < 4.78 is 35.5. The fraction of sp³-hybridized carbons (Fsp3) is 0.889. The smallest absolute Gasteiger partial charge is 0.355 e. The lowest BCUT2D eigenvalue weighted by Gasteiger charge is -2.15. The summed E-state index contributed by atoms with van der Waals surface area (Å²) in [6, 6.07) is 0. The summed E-state index contributed by atoms with van der Waals surface area (Å²) in [7, 11) is 0. The molecule has 0 unspecified atom stereocenters. The molecule has 0 aromatic heterocycles. The highest BCUT2D eigenvalue weighted by atomic mass is 79.9. The molecule has 0 atom stereocenters. The van der Waals surface area contributed by atoms with Crippen LogP contribution in [0.4, 0.5) is 13.2 Å². The molecule has 2 nitrogen and oxygen atoms in total.